The van der Waals surface area contributed by atoms with E-state index in [9.17, 15) is 22.9 Å². The molecule has 0 saturated carbocycles. The first-order valence-corrected chi connectivity index (χ1v) is 13.0. The third-order valence-electron chi connectivity index (χ3n) is 4.86. The molecule has 0 aliphatic carbocycles. The minimum absolute atomic E-state index is 0.0985. The van der Waals surface area contributed by atoms with Crippen molar-refractivity contribution in [3.05, 3.63) is 66.0 Å². The largest absolute Gasteiger partial charge is 0.421 e. The van der Waals surface area contributed by atoms with Crippen LogP contribution in [-0.4, -0.2) is 39.1 Å². The summed E-state index contributed by atoms with van der Waals surface area (Å²) in [4.78, 5) is 34.3. The molecular weight excluding hydrogens is 480 g/mol. The van der Waals surface area contributed by atoms with Gasteiger partial charge in [-0.25, -0.2) is 14.9 Å². The molecule has 8 nitrogen and oxygen atoms in total. The lowest BCUT2D eigenvalue weighted by Gasteiger charge is -2.18. The van der Waals surface area contributed by atoms with Crippen molar-refractivity contribution in [1.29, 1.82) is 0 Å². The molecule has 0 aliphatic heterocycles. The second-order valence-corrected chi connectivity index (χ2v) is 11.4. The van der Waals surface area contributed by atoms with E-state index in [0.717, 1.165) is 11.6 Å². The predicted molar refractivity (Wildman–Crippen MR) is 133 cm³/mol. The molecule has 0 spiro atoms. The molecule has 2 heterocycles. The lowest BCUT2D eigenvalue weighted by Crippen LogP contribution is -2.16. The average Bonchev–Trinajstić information content (AvgIpc) is 2.75. The quantitative estimate of drug-likeness (QED) is 0.266. The Hall–Kier alpha value is -3.56. The zero-order chi connectivity index (χ0) is 26.0. The number of aryl methyl sites for hydroxylation is 2. The molecule has 1 amide bonds. The van der Waals surface area contributed by atoms with Crippen molar-refractivity contribution < 1.29 is 22.9 Å². The van der Waals surface area contributed by atoms with Crippen LogP contribution in [0.25, 0.3) is 0 Å². The molecule has 35 heavy (non-hydrogen) atoms. The molecule has 1 aromatic carbocycles. The minimum atomic E-state index is -4.73. The fourth-order valence-electron chi connectivity index (χ4n) is 2.99. The van der Waals surface area contributed by atoms with Crippen LogP contribution in [-0.2, 0) is 11.0 Å². The van der Waals surface area contributed by atoms with Gasteiger partial charge in [0.1, 0.15) is 11.4 Å². The molecule has 0 bridgehead atoms. The molecule has 4 N–H and O–H groups in total. The number of aromatic nitrogens is 3. The molecule has 3 aromatic rings. The van der Waals surface area contributed by atoms with Crippen LogP contribution in [0.2, 0.25) is 0 Å². The predicted octanol–water partition coefficient (Wildman–Crippen LogP) is 4.93. The first-order chi connectivity index (χ1) is 16.3. The normalized spacial score (nSPS) is 11.7. The van der Waals surface area contributed by atoms with Gasteiger partial charge in [0.15, 0.2) is 7.49 Å². The smallest absolute Gasteiger partial charge is 0.338 e. The van der Waals surface area contributed by atoms with Crippen LogP contribution < -0.4 is 21.4 Å². The number of nitrogens with zero attached hydrogens (tertiary/aromatic N) is 3. The maximum absolute atomic E-state index is 13.7. The van der Waals surface area contributed by atoms with Crippen molar-refractivity contribution in [2.45, 2.75) is 20.0 Å². The molecular formula is C23H25F3N6O2P+. The topological polar surface area (TPSA) is 112 Å². The monoisotopic (exact) mass is 505 g/mol. The molecule has 12 heteroatoms. The highest BCUT2D eigenvalue weighted by Gasteiger charge is 2.36. The van der Waals surface area contributed by atoms with Crippen LogP contribution in [0.5, 0.6) is 0 Å². The molecule has 0 aliphatic rings. The number of nitrogens with one attached hydrogen (secondary N) is 3. The van der Waals surface area contributed by atoms with Crippen molar-refractivity contribution in [1.82, 2.24) is 15.0 Å². The molecule has 0 fully saturated rings. The second kappa shape index (κ2) is 9.97. The van der Waals surface area contributed by atoms with Crippen molar-refractivity contribution in [3.8, 4) is 0 Å². The number of hydrogen-bond donors (Lipinski definition) is 4. The van der Waals surface area contributed by atoms with E-state index in [-0.39, 0.29) is 17.3 Å². The zero-order valence-electron chi connectivity index (χ0n) is 19.5. The lowest BCUT2D eigenvalue weighted by molar-refractivity contribution is -0.137. The van der Waals surface area contributed by atoms with Gasteiger partial charge in [0.25, 0.3) is 0 Å². The number of pyridine rings is 1. The highest BCUT2D eigenvalue weighted by Crippen LogP contribution is 2.44. The molecule has 0 atom stereocenters. The van der Waals surface area contributed by atoms with Gasteiger partial charge < -0.3 is 16.0 Å². The van der Waals surface area contributed by atoms with E-state index in [2.05, 4.69) is 37.5 Å². The number of carbonyl (C=O) groups excluding carboxylic acids is 1. The van der Waals surface area contributed by atoms with E-state index in [1.165, 1.54) is 6.07 Å². The Kier molecular flexibility index (Phi) is 7.42. The summed E-state index contributed by atoms with van der Waals surface area (Å²) in [6, 6.07) is 6.45. The van der Waals surface area contributed by atoms with Crippen LogP contribution in [0, 0.1) is 13.8 Å². The van der Waals surface area contributed by atoms with Gasteiger partial charge in [0.2, 0.25) is 17.3 Å². The van der Waals surface area contributed by atoms with Gasteiger partial charge in [0.05, 0.1) is 30.4 Å². The van der Waals surface area contributed by atoms with Crippen LogP contribution in [0.1, 0.15) is 16.7 Å². The lowest BCUT2D eigenvalue weighted by atomic mass is 10.1. The van der Waals surface area contributed by atoms with Gasteiger partial charge in [-0.2, -0.15) is 18.2 Å². The molecule has 0 saturated heterocycles. The Morgan fingerprint density at radius 1 is 1.06 bits per heavy atom. The van der Waals surface area contributed by atoms with Gasteiger partial charge in [-0.1, -0.05) is 12.6 Å². The van der Waals surface area contributed by atoms with Gasteiger partial charge in [-0.05, 0) is 43.2 Å². The number of hydrogen-bond acceptors (Lipinski definition) is 7. The Labute approximate surface area is 201 Å². The number of amides is 1. The summed E-state index contributed by atoms with van der Waals surface area (Å²) in [6.45, 7) is 10.3. The van der Waals surface area contributed by atoms with Gasteiger partial charge in [0, 0.05) is 18.5 Å². The van der Waals surface area contributed by atoms with E-state index in [0.29, 0.717) is 22.9 Å². The first-order valence-electron chi connectivity index (χ1n) is 10.3. The SMILES string of the molecule is C=CC(=O)Nc1cc(C)ccc1Nc1nc(Nc2cc([P+](C)(C)O)ncc2C)ncc1C(F)(F)F. The molecule has 0 unspecified atom stereocenters. The highest BCUT2D eigenvalue weighted by atomic mass is 31.2. The van der Waals surface area contributed by atoms with E-state index < -0.39 is 31.0 Å². The molecule has 0 radical (unpaired) electrons. The summed E-state index contributed by atoms with van der Waals surface area (Å²) in [7, 11) is -2.42. The number of halogens is 3. The standard InChI is InChI=1S/C23H24F3N6O2P/c1-6-19(33)29-18-9-13(2)7-8-16(18)30-21-15(23(24,25)26)12-28-22(32-21)31-17-10-20(35(4,5)34)27-11-14(17)3/h6-12,34H,1H2,2-5H3,(H2-,27,28,29,30,31,32,33)/p+1. The van der Waals surface area contributed by atoms with Crippen LogP contribution >= 0.6 is 7.49 Å². The van der Waals surface area contributed by atoms with Crippen LogP contribution in [0.3, 0.4) is 0 Å². The number of anilines is 5. The fourth-order valence-corrected chi connectivity index (χ4v) is 3.78. The second-order valence-electron chi connectivity index (χ2n) is 8.20. The summed E-state index contributed by atoms with van der Waals surface area (Å²) < 4.78 is 41.2. The van der Waals surface area contributed by atoms with Crippen molar-refractivity contribution >= 4 is 47.7 Å². The minimum Gasteiger partial charge on any atom is -0.338 e. The molecule has 3 rings (SSSR count). The third kappa shape index (κ3) is 6.52. The summed E-state index contributed by atoms with van der Waals surface area (Å²) >= 11 is 0. The number of benzene rings is 1. The van der Waals surface area contributed by atoms with Gasteiger partial charge in [-0.15, -0.1) is 0 Å². The maximum Gasteiger partial charge on any atom is 0.421 e. The van der Waals surface area contributed by atoms with E-state index in [4.69, 9.17) is 0 Å². The number of carbonyl (C=O) groups is 1. The third-order valence-corrected chi connectivity index (χ3v) is 6.23. The van der Waals surface area contributed by atoms with Crippen molar-refractivity contribution in [2.24, 2.45) is 0 Å². The Morgan fingerprint density at radius 2 is 1.77 bits per heavy atom. The van der Waals surface area contributed by atoms with Crippen LogP contribution in [0.15, 0.2) is 49.3 Å². The van der Waals surface area contributed by atoms with Crippen molar-refractivity contribution in [3.63, 3.8) is 0 Å². The summed E-state index contributed by atoms with van der Waals surface area (Å²) in [5.74, 6) is -1.12. The van der Waals surface area contributed by atoms with Crippen LogP contribution in [0.4, 0.5) is 42.0 Å². The van der Waals surface area contributed by atoms with Gasteiger partial charge in [-0.3, -0.25) is 4.79 Å². The highest BCUT2D eigenvalue weighted by molar-refractivity contribution is 7.76. The Bertz CT molecular complexity index is 1280. The van der Waals surface area contributed by atoms with E-state index in [1.807, 2.05) is 0 Å². The maximum atomic E-state index is 13.7. The average molecular weight is 505 g/mol. The molecule has 2 aromatic heterocycles. The van der Waals surface area contributed by atoms with E-state index in [1.54, 1.807) is 51.6 Å². The van der Waals surface area contributed by atoms with Crippen molar-refractivity contribution in [2.75, 3.05) is 29.3 Å². The Balaban J connectivity index is 2.04. The number of rotatable bonds is 7. The van der Waals surface area contributed by atoms with E-state index >= 15 is 0 Å². The number of alkyl halides is 3. The molecule has 184 valence electrons. The van der Waals surface area contributed by atoms with Gasteiger partial charge >= 0.3 is 6.18 Å². The summed E-state index contributed by atoms with van der Waals surface area (Å²) in [5, 5.41) is 8.16. The first kappa shape index (κ1) is 26.1. The summed E-state index contributed by atoms with van der Waals surface area (Å²) in [6.07, 6.45) is -1.45. The Morgan fingerprint density at radius 3 is 2.40 bits per heavy atom. The summed E-state index contributed by atoms with van der Waals surface area (Å²) in [5.41, 5.74) is 1.83. The zero-order valence-corrected chi connectivity index (χ0v) is 20.4. The fraction of sp³-hybridized carbons (Fsp3) is 0.217.